The summed E-state index contributed by atoms with van der Waals surface area (Å²) in [7, 11) is 1.77. The summed E-state index contributed by atoms with van der Waals surface area (Å²) >= 11 is 0. The Morgan fingerprint density at radius 3 is 2.87 bits per heavy atom. The van der Waals surface area contributed by atoms with Crippen molar-refractivity contribution in [3.05, 3.63) is 102 Å². The Labute approximate surface area is 183 Å². The Morgan fingerprint density at radius 1 is 1.23 bits per heavy atom. The number of carbonyl (C=O) groups is 1. The van der Waals surface area contributed by atoms with Gasteiger partial charge in [-0.3, -0.25) is 0 Å². The van der Waals surface area contributed by atoms with Crippen LogP contribution in [0.5, 0.6) is 0 Å². The van der Waals surface area contributed by atoms with Crippen molar-refractivity contribution in [1.82, 2.24) is 4.90 Å². The predicted molar refractivity (Wildman–Crippen MR) is 125 cm³/mol. The maximum atomic E-state index is 12.7. The summed E-state index contributed by atoms with van der Waals surface area (Å²) < 4.78 is 11.2. The van der Waals surface area contributed by atoms with Crippen LogP contribution in [-0.4, -0.2) is 31.2 Å². The number of carbonyl (C=O) groups excluding carboxylic acids is 1. The molecule has 0 bridgehead atoms. The Morgan fingerprint density at radius 2 is 2.06 bits per heavy atom. The SMILES string of the molecule is C=CC1=C(/C=C\C)C(COC(=O)N(C)CCc2ccc3ccoc3c2)c2ccccc21. The van der Waals surface area contributed by atoms with E-state index in [1.807, 2.05) is 49.4 Å². The van der Waals surface area contributed by atoms with Crippen LogP contribution >= 0.6 is 0 Å². The highest BCUT2D eigenvalue weighted by Crippen LogP contribution is 2.43. The minimum atomic E-state index is -0.316. The van der Waals surface area contributed by atoms with Crippen molar-refractivity contribution in [3.8, 4) is 0 Å². The largest absolute Gasteiger partial charge is 0.464 e. The number of likely N-dealkylation sites (N-methyl/N-ethyl adjacent to an activating group) is 1. The molecule has 0 saturated carbocycles. The van der Waals surface area contributed by atoms with Gasteiger partial charge in [0.15, 0.2) is 0 Å². The predicted octanol–water partition coefficient (Wildman–Crippen LogP) is 6.36. The lowest BCUT2D eigenvalue weighted by atomic mass is 9.96. The lowest BCUT2D eigenvalue weighted by Crippen LogP contribution is -2.30. The molecule has 31 heavy (non-hydrogen) atoms. The van der Waals surface area contributed by atoms with Gasteiger partial charge >= 0.3 is 6.09 Å². The quantitative estimate of drug-likeness (QED) is 0.453. The Hall–Kier alpha value is -3.53. The molecule has 1 amide bonds. The highest BCUT2D eigenvalue weighted by Gasteiger charge is 2.29. The van der Waals surface area contributed by atoms with Crippen LogP contribution in [0.2, 0.25) is 0 Å². The van der Waals surface area contributed by atoms with Gasteiger partial charge in [-0.05, 0) is 53.3 Å². The van der Waals surface area contributed by atoms with Crippen molar-refractivity contribution < 1.29 is 13.9 Å². The molecule has 0 aliphatic heterocycles. The summed E-state index contributed by atoms with van der Waals surface area (Å²) in [5, 5.41) is 1.08. The zero-order valence-electron chi connectivity index (χ0n) is 18.0. The van der Waals surface area contributed by atoms with E-state index in [2.05, 4.69) is 30.9 Å². The van der Waals surface area contributed by atoms with E-state index in [0.717, 1.165) is 39.7 Å². The molecule has 0 fully saturated rings. The second-order valence-corrected chi connectivity index (χ2v) is 7.75. The van der Waals surface area contributed by atoms with Gasteiger partial charge in [-0.25, -0.2) is 4.79 Å². The maximum absolute atomic E-state index is 12.7. The maximum Gasteiger partial charge on any atom is 0.409 e. The number of hydrogen-bond donors (Lipinski definition) is 0. The summed E-state index contributed by atoms with van der Waals surface area (Å²) in [5.41, 5.74) is 6.57. The number of benzene rings is 2. The van der Waals surface area contributed by atoms with Crippen LogP contribution in [0, 0.1) is 0 Å². The number of ether oxygens (including phenoxy) is 1. The molecule has 0 radical (unpaired) electrons. The van der Waals surface area contributed by atoms with Crippen LogP contribution in [-0.2, 0) is 11.2 Å². The average molecular weight is 414 g/mol. The average Bonchev–Trinajstić information content (AvgIpc) is 3.37. The summed E-state index contributed by atoms with van der Waals surface area (Å²) in [6.07, 6.45) is 8.10. The molecule has 4 heteroatoms. The van der Waals surface area contributed by atoms with Gasteiger partial charge in [0.05, 0.1) is 6.26 Å². The lowest BCUT2D eigenvalue weighted by molar-refractivity contribution is 0.108. The van der Waals surface area contributed by atoms with Crippen molar-refractivity contribution >= 4 is 22.6 Å². The number of amides is 1. The zero-order valence-corrected chi connectivity index (χ0v) is 18.0. The second-order valence-electron chi connectivity index (χ2n) is 7.75. The van der Waals surface area contributed by atoms with E-state index in [0.29, 0.717) is 13.2 Å². The molecule has 1 atom stereocenters. The number of furan rings is 1. The Balaban J connectivity index is 1.40. The minimum absolute atomic E-state index is 0.0131. The van der Waals surface area contributed by atoms with Gasteiger partial charge in [0.25, 0.3) is 0 Å². The molecule has 0 N–H and O–H groups in total. The number of allylic oxidation sites excluding steroid dienone is 4. The van der Waals surface area contributed by atoms with Crippen LogP contribution in [0.4, 0.5) is 4.79 Å². The molecule has 1 heterocycles. The van der Waals surface area contributed by atoms with Crippen LogP contribution < -0.4 is 0 Å². The molecule has 1 aliphatic carbocycles. The van der Waals surface area contributed by atoms with Crippen molar-refractivity contribution in [2.24, 2.45) is 0 Å². The van der Waals surface area contributed by atoms with E-state index in [1.54, 1.807) is 18.2 Å². The minimum Gasteiger partial charge on any atom is -0.464 e. The summed E-state index contributed by atoms with van der Waals surface area (Å²) in [4.78, 5) is 14.3. The molecule has 0 saturated heterocycles. The summed E-state index contributed by atoms with van der Waals surface area (Å²) in [6.45, 7) is 6.85. The van der Waals surface area contributed by atoms with E-state index >= 15 is 0 Å². The first-order valence-corrected chi connectivity index (χ1v) is 10.5. The topological polar surface area (TPSA) is 42.7 Å². The zero-order chi connectivity index (χ0) is 21.8. The molecule has 1 aromatic heterocycles. The summed E-state index contributed by atoms with van der Waals surface area (Å²) in [5.74, 6) is 0.0131. The van der Waals surface area contributed by atoms with E-state index in [1.165, 1.54) is 5.56 Å². The lowest BCUT2D eigenvalue weighted by Gasteiger charge is -2.20. The Kier molecular flexibility index (Phi) is 6.08. The van der Waals surface area contributed by atoms with Crippen molar-refractivity contribution in [2.45, 2.75) is 19.3 Å². The number of nitrogens with zero attached hydrogens (tertiary/aromatic N) is 1. The molecule has 2 aromatic carbocycles. The molecule has 1 aliphatic rings. The van der Waals surface area contributed by atoms with E-state index in [-0.39, 0.29) is 12.0 Å². The third kappa shape index (κ3) is 4.19. The van der Waals surface area contributed by atoms with Gasteiger partial charge < -0.3 is 14.1 Å². The second kappa shape index (κ2) is 9.09. The van der Waals surface area contributed by atoms with Crippen LogP contribution in [0.25, 0.3) is 16.5 Å². The van der Waals surface area contributed by atoms with Crippen molar-refractivity contribution in [2.75, 3.05) is 20.2 Å². The monoisotopic (exact) mass is 413 g/mol. The summed E-state index contributed by atoms with van der Waals surface area (Å²) in [6, 6.07) is 16.3. The number of fused-ring (bicyclic) bond motifs is 2. The van der Waals surface area contributed by atoms with Gasteiger partial charge in [-0.15, -0.1) is 0 Å². The standard InChI is InChI=1S/C27H27NO3/c1-4-8-22-21(5-2)23-9-6-7-10-24(23)25(22)18-31-27(29)28(3)15-13-19-11-12-20-14-16-30-26(20)17-19/h4-12,14,16-17,25H,2,13,15,18H2,1,3H3/b8-4-. The number of hydrogen-bond acceptors (Lipinski definition) is 3. The van der Waals surface area contributed by atoms with E-state index in [4.69, 9.17) is 9.15 Å². The molecular formula is C27H27NO3. The first-order valence-electron chi connectivity index (χ1n) is 10.5. The highest BCUT2D eigenvalue weighted by molar-refractivity contribution is 5.86. The fourth-order valence-corrected chi connectivity index (χ4v) is 4.16. The molecule has 3 aromatic rings. The molecule has 1 unspecified atom stereocenters. The van der Waals surface area contributed by atoms with Gasteiger partial charge in [0.1, 0.15) is 12.2 Å². The first-order chi connectivity index (χ1) is 15.1. The molecule has 4 nitrogen and oxygen atoms in total. The molecule has 4 rings (SSSR count). The number of rotatable bonds is 7. The third-order valence-corrected chi connectivity index (χ3v) is 5.80. The normalized spacial score (nSPS) is 15.5. The fourth-order valence-electron chi connectivity index (χ4n) is 4.16. The molecule has 0 spiro atoms. The van der Waals surface area contributed by atoms with Gasteiger partial charge in [-0.2, -0.15) is 0 Å². The molecule has 158 valence electrons. The highest BCUT2D eigenvalue weighted by atomic mass is 16.6. The smallest absolute Gasteiger partial charge is 0.409 e. The first kappa shape index (κ1) is 20.7. The van der Waals surface area contributed by atoms with Crippen LogP contribution in [0.15, 0.2) is 89.6 Å². The van der Waals surface area contributed by atoms with Gasteiger partial charge in [-0.1, -0.05) is 61.2 Å². The van der Waals surface area contributed by atoms with Crippen molar-refractivity contribution in [3.63, 3.8) is 0 Å². The van der Waals surface area contributed by atoms with Crippen LogP contribution in [0.1, 0.15) is 29.5 Å². The Bertz CT molecular complexity index is 1170. The van der Waals surface area contributed by atoms with E-state index < -0.39 is 0 Å². The van der Waals surface area contributed by atoms with E-state index in [9.17, 15) is 4.79 Å². The van der Waals surface area contributed by atoms with Gasteiger partial charge in [0.2, 0.25) is 0 Å². The fraction of sp³-hybridized carbons (Fsp3) is 0.222. The van der Waals surface area contributed by atoms with Crippen LogP contribution in [0.3, 0.4) is 0 Å². The third-order valence-electron chi connectivity index (χ3n) is 5.80. The van der Waals surface area contributed by atoms with Gasteiger partial charge in [0, 0.05) is 24.9 Å². The van der Waals surface area contributed by atoms with Crippen molar-refractivity contribution in [1.29, 1.82) is 0 Å². The molecular weight excluding hydrogens is 386 g/mol.